The fourth-order valence-corrected chi connectivity index (χ4v) is 1.33. The lowest BCUT2D eigenvalue weighted by Crippen LogP contribution is -2.12. The number of aliphatic carboxylic acids is 1. The third kappa shape index (κ3) is 4.39. The molecule has 0 atom stereocenters. The van der Waals surface area contributed by atoms with Crippen molar-refractivity contribution in [3.8, 4) is 0 Å². The summed E-state index contributed by atoms with van der Waals surface area (Å²) in [6.45, 7) is 1.29. The number of rotatable bonds is 5. The average Bonchev–Trinajstić information content (AvgIpc) is 2.55. The van der Waals surface area contributed by atoms with Crippen LogP contribution >= 0.6 is 11.3 Å². The standard InChI is InChI=1S/C8H10N2O2S/c11-8(12)2-1-3-9-4-7-5-10-6-13-7/h1-2,5-6,9H,3-4H2,(H,11,12)/b2-1+. The monoisotopic (exact) mass is 198 g/mol. The number of carboxylic acid groups (broad SMARTS) is 1. The molecule has 1 heterocycles. The normalized spacial score (nSPS) is 10.8. The molecule has 0 amide bonds. The minimum atomic E-state index is -0.917. The predicted octanol–water partition coefficient (Wildman–Crippen LogP) is 0.873. The van der Waals surface area contributed by atoms with Crippen LogP contribution in [0.1, 0.15) is 4.88 Å². The summed E-state index contributed by atoms with van der Waals surface area (Å²) in [4.78, 5) is 15.1. The predicted molar refractivity (Wildman–Crippen MR) is 50.6 cm³/mol. The van der Waals surface area contributed by atoms with Crippen molar-refractivity contribution in [2.75, 3.05) is 6.54 Å². The first-order valence-electron chi connectivity index (χ1n) is 3.76. The molecule has 70 valence electrons. The van der Waals surface area contributed by atoms with Crippen molar-refractivity contribution in [1.82, 2.24) is 10.3 Å². The number of hydrogen-bond acceptors (Lipinski definition) is 4. The number of carbonyl (C=O) groups is 1. The quantitative estimate of drug-likeness (QED) is 0.544. The van der Waals surface area contributed by atoms with E-state index in [1.54, 1.807) is 29.1 Å². The molecule has 5 heteroatoms. The van der Waals surface area contributed by atoms with Gasteiger partial charge in [-0.1, -0.05) is 6.08 Å². The van der Waals surface area contributed by atoms with Crippen LogP contribution in [0.4, 0.5) is 0 Å². The molecule has 0 aliphatic rings. The van der Waals surface area contributed by atoms with Crippen LogP contribution in [-0.4, -0.2) is 22.6 Å². The van der Waals surface area contributed by atoms with Gasteiger partial charge in [-0.15, -0.1) is 11.3 Å². The lowest BCUT2D eigenvalue weighted by Gasteiger charge is -1.95. The maximum Gasteiger partial charge on any atom is 0.328 e. The lowest BCUT2D eigenvalue weighted by atomic mass is 10.4. The first-order valence-corrected chi connectivity index (χ1v) is 4.64. The molecule has 4 nitrogen and oxygen atoms in total. The number of hydrogen-bond donors (Lipinski definition) is 2. The molecule has 1 rings (SSSR count). The number of carboxylic acids is 1. The molecule has 0 bridgehead atoms. The van der Waals surface area contributed by atoms with Gasteiger partial charge in [0.2, 0.25) is 0 Å². The fourth-order valence-electron chi connectivity index (χ4n) is 0.768. The van der Waals surface area contributed by atoms with Crippen LogP contribution in [0, 0.1) is 0 Å². The van der Waals surface area contributed by atoms with Crippen LogP contribution in [0.15, 0.2) is 23.9 Å². The molecular weight excluding hydrogens is 188 g/mol. The van der Waals surface area contributed by atoms with Crippen molar-refractivity contribution in [2.24, 2.45) is 0 Å². The van der Waals surface area contributed by atoms with Crippen molar-refractivity contribution in [1.29, 1.82) is 0 Å². The molecule has 13 heavy (non-hydrogen) atoms. The van der Waals surface area contributed by atoms with Gasteiger partial charge in [0.05, 0.1) is 5.51 Å². The van der Waals surface area contributed by atoms with E-state index in [1.165, 1.54) is 0 Å². The molecule has 2 N–H and O–H groups in total. The topological polar surface area (TPSA) is 62.2 Å². The SMILES string of the molecule is O=C(O)/C=C/CNCc1cncs1. The zero-order valence-electron chi connectivity index (χ0n) is 6.93. The summed E-state index contributed by atoms with van der Waals surface area (Å²) in [5, 5.41) is 11.3. The third-order valence-corrected chi connectivity index (χ3v) is 2.08. The van der Waals surface area contributed by atoms with E-state index in [-0.39, 0.29) is 0 Å². The molecular formula is C8H10N2O2S. The largest absolute Gasteiger partial charge is 0.478 e. The molecule has 1 aromatic heterocycles. The number of nitrogens with one attached hydrogen (secondary N) is 1. The van der Waals surface area contributed by atoms with Gasteiger partial charge >= 0.3 is 5.97 Å². The van der Waals surface area contributed by atoms with Crippen LogP contribution in [0.5, 0.6) is 0 Å². The summed E-state index contributed by atoms with van der Waals surface area (Å²) in [5.41, 5.74) is 1.77. The third-order valence-electron chi connectivity index (χ3n) is 1.31. The minimum Gasteiger partial charge on any atom is -0.478 e. The van der Waals surface area contributed by atoms with Gasteiger partial charge < -0.3 is 10.4 Å². The Hall–Kier alpha value is -1.20. The molecule has 0 fully saturated rings. The second-order valence-electron chi connectivity index (χ2n) is 2.34. The van der Waals surface area contributed by atoms with Gasteiger partial charge in [0.15, 0.2) is 0 Å². The van der Waals surface area contributed by atoms with Crippen LogP contribution in [0.2, 0.25) is 0 Å². The van der Waals surface area contributed by atoms with Crippen LogP contribution < -0.4 is 5.32 Å². The van der Waals surface area contributed by atoms with Crippen LogP contribution in [-0.2, 0) is 11.3 Å². The van der Waals surface area contributed by atoms with E-state index in [2.05, 4.69) is 10.3 Å². The maximum absolute atomic E-state index is 10.1. The molecule has 0 radical (unpaired) electrons. The maximum atomic E-state index is 10.1. The van der Waals surface area contributed by atoms with Crippen LogP contribution in [0.3, 0.4) is 0 Å². The molecule has 0 aliphatic carbocycles. The number of nitrogens with zero attached hydrogens (tertiary/aromatic N) is 1. The van der Waals surface area contributed by atoms with Gasteiger partial charge in [-0.05, 0) is 0 Å². The first kappa shape index (κ1) is 9.88. The highest BCUT2D eigenvalue weighted by Gasteiger charge is 1.91. The summed E-state index contributed by atoms with van der Waals surface area (Å²) in [7, 11) is 0. The Morgan fingerprint density at radius 3 is 3.23 bits per heavy atom. The Bertz CT molecular complexity index is 282. The molecule has 0 unspecified atom stereocenters. The Morgan fingerprint density at radius 2 is 2.62 bits per heavy atom. The lowest BCUT2D eigenvalue weighted by molar-refractivity contribution is -0.131. The summed E-state index contributed by atoms with van der Waals surface area (Å²) >= 11 is 1.57. The van der Waals surface area contributed by atoms with Gasteiger partial charge in [0.25, 0.3) is 0 Å². The number of aromatic nitrogens is 1. The Balaban J connectivity index is 2.12. The molecule has 1 aromatic rings. The smallest absolute Gasteiger partial charge is 0.328 e. The van der Waals surface area contributed by atoms with E-state index >= 15 is 0 Å². The zero-order valence-corrected chi connectivity index (χ0v) is 7.75. The number of thiazole rings is 1. The van der Waals surface area contributed by atoms with Gasteiger partial charge in [0.1, 0.15) is 0 Å². The van der Waals surface area contributed by atoms with Crippen molar-refractivity contribution >= 4 is 17.3 Å². The minimum absolute atomic E-state index is 0.560. The van der Waals surface area contributed by atoms with Gasteiger partial charge in [-0.25, -0.2) is 4.79 Å². The zero-order chi connectivity index (χ0) is 9.52. The van der Waals surface area contributed by atoms with E-state index in [0.29, 0.717) is 6.54 Å². The highest BCUT2D eigenvalue weighted by molar-refractivity contribution is 7.09. The molecule has 0 aliphatic heterocycles. The van der Waals surface area contributed by atoms with Crippen molar-refractivity contribution < 1.29 is 9.90 Å². The van der Waals surface area contributed by atoms with Crippen molar-refractivity contribution in [3.05, 3.63) is 28.7 Å². The second kappa shape index (κ2) is 5.45. The van der Waals surface area contributed by atoms with Crippen LogP contribution in [0.25, 0.3) is 0 Å². The molecule has 0 aromatic carbocycles. The van der Waals surface area contributed by atoms with Gasteiger partial charge in [-0.2, -0.15) is 0 Å². The fraction of sp³-hybridized carbons (Fsp3) is 0.250. The van der Waals surface area contributed by atoms with Gasteiger partial charge in [-0.3, -0.25) is 4.98 Å². The second-order valence-corrected chi connectivity index (χ2v) is 3.31. The van der Waals surface area contributed by atoms with E-state index in [0.717, 1.165) is 17.5 Å². The van der Waals surface area contributed by atoms with E-state index in [1.807, 2.05) is 0 Å². The first-order chi connectivity index (χ1) is 6.29. The Labute approximate surface area is 79.9 Å². The Morgan fingerprint density at radius 1 is 1.77 bits per heavy atom. The summed E-state index contributed by atoms with van der Waals surface area (Å²) in [6, 6.07) is 0. The van der Waals surface area contributed by atoms with Crippen molar-refractivity contribution in [2.45, 2.75) is 6.54 Å². The molecule has 0 saturated carbocycles. The van der Waals surface area contributed by atoms with Gasteiger partial charge in [0, 0.05) is 30.2 Å². The summed E-state index contributed by atoms with van der Waals surface area (Å²) in [5.74, 6) is -0.917. The van der Waals surface area contributed by atoms with E-state index in [4.69, 9.17) is 5.11 Å². The molecule has 0 saturated heterocycles. The highest BCUT2D eigenvalue weighted by Crippen LogP contribution is 2.03. The summed E-state index contributed by atoms with van der Waals surface area (Å²) in [6.07, 6.45) is 4.49. The van der Waals surface area contributed by atoms with E-state index < -0.39 is 5.97 Å². The van der Waals surface area contributed by atoms with Crippen molar-refractivity contribution in [3.63, 3.8) is 0 Å². The molecule has 0 spiro atoms. The average molecular weight is 198 g/mol. The Kier molecular flexibility index (Phi) is 4.14. The van der Waals surface area contributed by atoms with E-state index in [9.17, 15) is 4.79 Å². The highest BCUT2D eigenvalue weighted by atomic mass is 32.1. The summed E-state index contributed by atoms with van der Waals surface area (Å²) < 4.78 is 0.